The molecule has 1 aliphatic heterocycles. The molecule has 5 nitrogen and oxygen atoms in total. The first-order chi connectivity index (χ1) is 8.53. The van der Waals surface area contributed by atoms with Gasteiger partial charge < -0.3 is 19.9 Å². The van der Waals surface area contributed by atoms with Crippen LogP contribution in [0, 0.1) is 0 Å². The summed E-state index contributed by atoms with van der Waals surface area (Å²) in [6.45, 7) is 5.91. The lowest BCUT2D eigenvalue weighted by molar-refractivity contribution is -0.161. The van der Waals surface area contributed by atoms with Gasteiger partial charge in [-0.1, -0.05) is 13.3 Å². The molecule has 1 N–H and O–H groups in total. The fourth-order valence-electron chi connectivity index (χ4n) is 2.13. The molecule has 1 saturated heterocycles. The lowest BCUT2D eigenvalue weighted by atomic mass is 9.93. The lowest BCUT2D eigenvalue weighted by Gasteiger charge is -2.49. The monoisotopic (exact) mass is 257 g/mol. The minimum absolute atomic E-state index is 0.171. The summed E-state index contributed by atoms with van der Waals surface area (Å²) in [5.74, 6) is 0.182. The van der Waals surface area contributed by atoms with Crippen molar-refractivity contribution in [1.29, 1.82) is 0 Å². The van der Waals surface area contributed by atoms with Crippen LogP contribution in [0.25, 0.3) is 0 Å². The summed E-state index contributed by atoms with van der Waals surface area (Å²) in [6.07, 6.45) is 2.38. The zero-order chi connectivity index (χ0) is 13.6. The maximum atomic E-state index is 11.8. The van der Waals surface area contributed by atoms with Crippen molar-refractivity contribution in [3.8, 4) is 0 Å². The highest BCUT2D eigenvalue weighted by molar-refractivity contribution is 5.79. The van der Waals surface area contributed by atoms with E-state index in [0.717, 1.165) is 13.1 Å². The predicted octanol–water partition coefficient (Wildman–Crippen LogP) is 0.165. The van der Waals surface area contributed by atoms with Crippen LogP contribution < -0.4 is 5.32 Å². The van der Waals surface area contributed by atoms with E-state index >= 15 is 0 Å². The molecule has 1 rings (SSSR count). The molecule has 1 fully saturated rings. The Morgan fingerprint density at radius 2 is 2.11 bits per heavy atom. The SMILES string of the molecule is CCCCNCC1(OC)CN(C(=O)CN(C)C)C1. The molecule has 0 aromatic carbocycles. The number of amides is 1. The Bertz CT molecular complexity index is 263. The van der Waals surface area contributed by atoms with E-state index < -0.39 is 0 Å². The fraction of sp³-hybridized carbons (Fsp3) is 0.923. The zero-order valence-electron chi connectivity index (χ0n) is 12.2. The number of nitrogens with zero attached hydrogens (tertiary/aromatic N) is 2. The van der Waals surface area contributed by atoms with Crippen molar-refractivity contribution < 1.29 is 9.53 Å². The van der Waals surface area contributed by atoms with Crippen LogP contribution >= 0.6 is 0 Å². The topological polar surface area (TPSA) is 44.8 Å². The lowest BCUT2D eigenvalue weighted by Crippen LogP contribution is -2.69. The summed E-state index contributed by atoms with van der Waals surface area (Å²) in [6, 6.07) is 0. The van der Waals surface area contributed by atoms with E-state index in [1.54, 1.807) is 7.11 Å². The molecule has 0 aromatic rings. The van der Waals surface area contributed by atoms with Crippen LogP contribution in [0.5, 0.6) is 0 Å². The van der Waals surface area contributed by atoms with E-state index in [9.17, 15) is 4.79 Å². The first-order valence-corrected chi connectivity index (χ1v) is 6.71. The summed E-state index contributed by atoms with van der Waals surface area (Å²) in [7, 11) is 5.55. The van der Waals surface area contributed by atoms with E-state index in [1.165, 1.54) is 12.8 Å². The highest BCUT2D eigenvalue weighted by Crippen LogP contribution is 2.24. The Morgan fingerprint density at radius 3 is 2.61 bits per heavy atom. The quantitative estimate of drug-likeness (QED) is 0.629. The molecule has 0 bridgehead atoms. The van der Waals surface area contributed by atoms with Gasteiger partial charge in [-0.2, -0.15) is 0 Å². The van der Waals surface area contributed by atoms with Crippen LogP contribution in [0.15, 0.2) is 0 Å². The molecule has 0 aromatic heterocycles. The Hall–Kier alpha value is -0.650. The number of likely N-dealkylation sites (tertiary alicyclic amines) is 1. The van der Waals surface area contributed by atoms with E-state index in [1.807, 2.05) is 23.9 Å². The first kappa shape index (κ1) is 15.4. The maximum absolute atomic E-state index is 11.8. The Balaban J connectivity index is 2.28. The van der Waals surface area contributed by atoms with Crippen molar-refractivity contribution in [1.82, 2.24) is 15.1 Å². The van der Waals surface area contributed by atoms with Crippen LogP contribution in [0.3, 0.4) is 0 Å². The summed E-state index contributed by atoms with van der Waals surface area (Å²) < 4.78 is 5.57. The van der Waals surface area contributed by atoms with Gasteiger partial charge >= 0.3 is 0 Å². The van der Waals surface area contributed by atoms with Gasteiger partial charge in [-0.3, -0.25) is 4.79 Å². The maximum Gasteiger partial charge on any atom is 0.236 e. The number of rotatable bonds is 8. The third-order valence-electron chi connectivity index (χ3n) is 3.35. The Morgan fingerprint density at radius 1 is 1.44 bits per heavy atom. The Kier molecular flexibility index (Phi) is 6.05. The zero-order valence-corrected chi connectivity index (χ0v) is 12.2. The molecular weight excluding hydrogens is 230 g/mol. The molecule has 1 amide bonds. The number of unbranched alkanes of at least 4 members (excludes halogenated alkanes) is 1. The summed E-state index contributed by atoms with van der Waals surface area (Å²) in [4.78, 5) is 15.6. The van der Waals surface area contributed by atoms with Gasteiger partial charge in [0, 0.05) is 13.7 Å². The average molecular weight is 257 g/mol. The van der Waals surface area contributed by atoms with Gasteiger partial charge in [0.15, 0.2) is 0 Å². The number of hydrogen-bond donors (Lipinski definition) is 1. The van der Waals surface area contributed by atoms with Crippen molar-refractivity contribution in [2.24, 2.45) is 0 Å². The molecule has 0 aliphatic carbocycles. The fourth-order valence-corrected chi connectivity index (χ4v) is 2.13. The van der Waals surface area contributed by atoms with Crippen LogP contribution in [0.1, 0.15) is 19.8 Å². The normalized spacial score (nSPS) is 17.9. The number of methoxy groups -OCH3 is 1. The van der Waals surface area contributed by atoms with Gasteiger partial charge in [-0.05, 0) is 27.1 Å². The second-order valence-corrected chi connectivity index (χ2v) is 5.41. The molecule has 5 heteroatoms. The molecule has 1 heterocycles. The number of nitrogens with one attached hydrogen (secondary N) is 1. The average Bonchev–Trinajstić information content (AvgIpc) is 2.26. The van der Waals surface area contributed by atoms with Gasteiger partial charge in [0.25, 0.3) is 0 Å². The standard InChI is InChI=1S/C13H27N3O2/c1-5-6-7-14-9-13(18-4)10-16(11-13)12(17)8-15(2)3/h14H,5-11H2,1-4H3. The van der Waals surface area contributed by atoms with E-state index in [0.29, 0.717) is 19.6 Å². The first-order valence-electron chi connectivity index (χ1n) is 6.71. The van der Waals surface area contributed by atoms with Crippen LogP contribution in [0.2, 0.25) is 0 Å². The highest BCUT2D eigenvalue weighted by atomic mass is 16.5. The third-order valence-corrected chi connectivity index (χ3v) is 3.35. The van der Waals surface area contributed by atoms with Crippen molar-refractivity contribution >= 4 is 5.91 Å². The van der Waals surface area contributed by atoms with Gasteiger partial charge in [0.05, 0.1) is 19.6 Å². The molecule has 0 unspecified atom stereocenters. The highest BCUT2D eigenvalue weighted by Gasteiger charge is 2.45. The second-order valence-electron chi connectivity index (χ2n) is 5.41. The molecule has 106 valence electrons. The van der Waals surface area contributed by atoms with E-state index in [-0.39, 0.29) is 11.5 Å². The molecule has 0 spiro atoms. The van der Waals surface area contributed by atoms with E-state index in [2.05, 4.69) is 12.2 Å². The van der Waals surface area contributed by atoms with Crippen LogP contribution in [0.4, 0.5) is 0 Å². The van der Waals surface area contributed by atoms with Crippen LogP contribution in [-0.4, -0.2) is 75.2 Å². The van der Waals surface area contributed by atoms with Crippen molar-refractivity contribution in [3.05, 3.63) is 0 Å². The minimum Gasteiger partial charge on any atom is -0.373 e. The third kappa shape index (κ3) is 4.23. The number of carbonyl (C=O) groups is 1. The summed E-state index contributed by atoms with van der Waals surface area (Å²) >= 11 is 0. The minimum atomic E-state index is -0.171. The smallest absolute Gasteiger partial charge is 0.236 e. The predicted molar refractivity (Wildman–Crippen MR) is 72.7 cm³/mol. The molecule has 18 heavy (non-hydrogen) atoms. The van der Waals surface area contributed by atoms with Crippen LogP contribution in [-0.2, 0) is 9.53 Å². The second kappa shape index (κ2) is 7.07. The largest absolute Gasteiger partial charge is 0.373 e. The van der Waals surface area contributed by atoms with Gasteiger partial charge in [0.2, 0.25) is 5.91 Å². The van der Waals surface area contributed by atoms with E-state index in [4.69, 9.17) is 4.74 Å². The number of ether oxygens (including phenoxy) is 1. The number of likely N-dealkylation sites (N-methyl/N-ethyl adjacent to an activating group) is 1. The van der Waals surface area contributed by atoms with Crippen molar-refractivity contribution in [2.75, 3.05) is 53.9 Å². The number of hydrogen-bond acceptors (Lipinski definition) is 4. The summed E-state index contributed by atoms with van der Waals surface area (Å²) in [5.41, 5.74) is -0.171. The molecule has 1 aliphatic rings. The Labute approximate surface area is 110 Å². The molecular formula is C13H27N3O2. The molecule has 0 radical (unpaired) electrons. The van der Waals surface area contributed by atoms with Gasteiger partial charge in [-0.25, -0.2) is 0 Å². The van der Waals surface area contributed by atoms with Gasteiger partial charge in [0.1, 0.15) is 5.60 Å². The van der Waals surface area contributed by atoms with Gasteiger partial charge in [-0.15, -0.1) is 0 Å². The summed E-state index contributed by atoms with van der Waals surface area (Å²) in [5, 5.41) is 3.41. The molecule has 0 atom stereocenters. The number of carbonyl (C=O) groups excluding carboxylic acids is 1. The van der Waals surface area contributed by atoms with Crippen molar-refractivity contribution in [2.45, 2.75) is 25.4 Å². The van der Waals surface area contributed by atoms with Crippen molar-refractivity contribution in [3.63, 3.8) is 0 Å². The molecule has 0 saturated carbocycles.